The van der Waals surface area contributed by atoms with Crippen molar-refractivity contribution in [2.24, 2.45) is 17.4 Å². The van der Waals surface area contributed by atoms with Gasteiger partial charge in [-0.25, -0.2) is 4.79 Å². The maximum absolute atomic E-state index is 14.0. The summed E-state index contributed by atoms with van der Waals surface area (Å²) >= 11 is 0. The Balaban J connectivity index is 1.75. The number of imide groups is 1. The zero-order valence-corrected chi connectivity index (χ0v) is 28.7. The molecular formula is C33H50N6O11. The highest BCUT2D eigenvalue weighted by atomic mass is 16.6. The number of carbonyl (C=O) groups is 6. The Bertz CT molecular complexity index is 1270. The summed E-state index contributed by atoms with van der Waals surface area (Å²) in [7, 11) is 0. The number of nitrogens with zero attached hydrogens (tertiary/aromatic N) is 2. The van der Waals surface area contributed by atoms with Crippen molar-refractivity contribution in [3.8, 4) is 0 Å². The minimum absolute atomic E-state index is 0.0283. The van der Waals surface area contributed by atoms with Gasteiger partial charge in [-0.2, -0.15) is 0 Å². The molecule has 2 atom stereocenters. The van der Waals surface area contributed by atoms with Crippen LogP contribution in [0.15, 0.2) is 36.4 Å². The number of aliphatic hydroxyl groups excluding tert-OH is 1. The van der Waals surface area contributed by atoms with E-state index in [1.807, 2.05) is 0 Å². The largest absolute Gasteiger partial charge is 0.392 e. The van der Waals surface area contributed by atoms with Gasteiger partial charge in [-0.05, 0) is 36.5 Å². The van der Waals surface area contributed by atoms with Crippen molar-refractivity contribution in [1.29, 1.82) is 0 Å². The third-order valence-electron chi connectivity index (χ3n) is 7.43. The molecule has 0 aliphatic carbocycles. The average molecular weight is 707 g/mol. The zero-order chi connectivity index (χ0) is 36.9. The summed E-state index contributed by atoms with van der Waals surface area (Å²) < 4.78 is 21.7. The summed E-state index contributed by atoms with van der Waals surface area (Å²) in [6.45, 7) is 5.72. The number of benzene rings is 1. The third-order valence-corrected chi connectivity index (χ3v) is 7.43. The fourth-order valence-corrected chi connectivity index (χ4v) is 4.77. The number of aliphatic hydroxyl groups is 1. The summed E-state index contributed by atoms with van der Waals surface area (Å²) in [6.07, 6.45) is 2.83. The lowest BCUT2D eigenvalue weighted by molar-refractivity contribution is -0.137. The number of hydrogen-bond donors (Lipinski definition) is 5. The normalized spacial score (nSPS) is 13.8. The quantitative estimate of drug-likeness (QED) is 0.0598. The number of amides is 7. The molecule has 1 aliphatic heterocycles. The first-order chi connectivity index (χ1) is 24.0. The van der Waals surface area contributed by atoms with Gasteiger partial charge in [0.15, 0.2) is 0 Å². The van der Waals surface area contributed by atoms with E-state index in [0.29, 0.717) is 44.1 Å². The molecule has 0 saturated carbocycles. The molecule has 0 aromatic heterocycles. The first kappa shape index (κ1) is 41.7. The van der Waals surface area contributed by atoms with Crippen molar-refractivity contribution >= 4 is 41.3 Å². The van der Waals surface area contributed by atoms with E-state index in [2.05, 4.69) is 10.6 Å². The molecule has 278 valence electrons. The van der Waals surface area contributed by atoms with E-state index < -0.39 is 35.8 Å². The monoisotopic (exact) mass is 706 g/mol. The average Bonchev–Trinajstić information content (AvgIpc) is 3.40. The molecule has 0 bridgehead atoms. The van der Waals surface area contributed by atoms with Crippen molar-refractivity contribution < 1.29 is 52.8 Å². The van der Waals surface area contributed by atoms with Gasteiger partial charge in [0.2, 0.25) is 11.8 Å². The number of primary amides is 2. The second-order valence-electron chi connectivity index (χ2n) is 11.5. The predicted octanol–water partition coefficient (Wildman–Crippen LogP) is -0.663. The number of hydrogen-bond acceptors (Lipinski definition) is 11. The molecule has 0 fully saturated rings. The Labute approximate surface area is 291 Å². The second-order valence-corrected chi connectivity index (χ2v) is 11.5. The van der Waals surface area contributed by atoms with Gasteiger partial charge in [-0.1, -0.05) is 26.0 Å². The van der Waals surface area contributed by atoms with E-state index in [9.17, 15) is 33.9 Å². The van der Waals surface area contributed by atoms with Gasteiger partial charge in [0, 0.05) is 30.8 Å². The van der Waals surface area contributed by atoms with Crippen LogP contribution in [-0.2, 0) is 49.5 Å². The van der Waals surface area contributed by atoms with Crippen LogP contribution in [0.25, 0.3) is 0 Å². The first-order valence-corrected chi connectivity index (χ1v) is 16.5. The van der Waals surface area contributed by atoms with Crippen LogP contribution < -0.4 is 27.0 Å². The Kier molecular flexibility index (Phi) is 19.3. The van der Waals surface area contributed by atoms with Gasteiger partial charge in [-0.15, -0.1) is 0 Å². The first-order valence-electron chi connectivity index (χ1n) is 16.5. The molecule has 2 rings (SSSR count). The van der Waals surface area contributed by atoms with Gasteiger partial charge in [0.05, 0.1) is 66.0 Å². The van der Waals surface area contributed by atoms with Crippen LogP contribution in [0.3, 0.4) is 0 Å². The molecule has 0 radical (unpaired) electrons. The lowest BCUT2D eigenvalue weighted by Crippen LogP contribution is -2.57. The van der Waals surface area contributed by atoms with E-state index in [-0.39, 0.29) is 76.7 Å². The highest BCUT2D eigenvalue weighted by Crippen LogP contribution is 2.23. The maximum Gasteiger partial charge on any atom is 0.312 e. The molecule has 1 heterocycles. The van der Waals surface area contributed by atoms with Crippen molar-refractivity contribution in [3.63, 3.8) is 0 Å². The van der Waals surface area contributed by atoms with Crippen LogP contribution in [0.4, 0.5) is 10.5 Å². The molecule has 7 N–H and O–H groups in total. The molecule has 0 spiro atoms. The van der Waals surface area contributed by atoms with Crippen LogP contribution in [0.5, 0.6) is 0 Å². The molecule has 7 amide bonds. The van der Waals surface area contributed by atoms with Crippen LogP contribution in [0, 0.1) is 5.92 Å². The molecule has 17 heteroatoms. The predicted molar refractivity (Wildman–Crippen MR) is 180 cm³/mol. The number of rotatable bonds is 26. The lowest BCUT2D eigenvalue weighted by Gasteiger charge is -2.34. The van der Waals surface area contributed by atoms with E-state index >= 15 is 0 Å². The Hall–Kier alpha value is -4.42. The number of urea groups is 1. The molecule has 17 nitrogen and oxygen atoms in total. The highest BCUT2D eigenvalue weighted by molar-refractivity contribution is 6.12. The van der Waals surface area contributed by atoms with Crippen LogP contribution >= 0.6 is 0 Å². The number of nitrogens with one attached hydrogen (secondary N) is 2. The molecule has 1 aromatic rings. The molecular weight excluding hydrogens is 656 g/mol. The molecule has 50 heavy (non-hydrogen) atoms. The SMILES string of the molecule is CC(C)[C@H](NC(=O)CCOCCOCCOCCOCCN1C(=O)C=CC1=O)C(=O)N(c1ccc(CO)cc1)[C@@H](CCCNC(N)=O)C(N)=O. The standard InChI is InChI=1S/C33H50N6O11/c1-23(2)30(32(45)39(25-7-5-24(22-40)6-8-25)26(31(34)44)4-3-12-36-33(35)46)37-27(41)11-14-47-16-18-49-20-21-50-19-17-48-15-13-38-28(42)9-10-29(38)43/h5-10,23,26,30,40H,3-4,11-22H2,1-2H3,(H2,34,44)(H,37,41)(H3,35,36,46)/t26-,30-/m0/s1. The summed E-state index contributed by atoms with van der Waals surface area (Å²) in [5.41, 5.74) is 11.8. The van der Waals surface area contributed by atoms with Crippen molar-refractivity contribution in [2.75, 3.05) is 70.8 Å². The van der Waals surface area contributed by atoms with Crippen molar-refractivity contribution in [3.05, 3.63) is 42.0 Å². The van der Waals surface area contributed by atoms with E-state index in [1.54, 1.807) is 38.1 Å². The summed E-state index contributed by atoms with van der Waals surface area (Å²) in [6, 6.07) is 3.57. The smallest absolute Gasteiger partial charge is 0.312 e. The molecule has 0 unspecified atom stereocenters. The summed E-state index contributed by atoms with van der Waals surface area (Å²) in [5, 5.41) is 14.7. The molecule has 1 aliphatic rings. The van der Waals surface area contributed by atoms with Gasteiger partial charge >= 0.3 is 6.03 Å². The number of ether oxygens (including phenoxy) is 4. The Morgan fingerprint density at radius 1 is 0.840 bits per heavy atom. The molecule has 1 aromatic carbocycles. The van der Waals surface area contributed by atoms with Crippen molar-refractivity contribution in [2.45, 2.75) is 51.8 Å². The van der Waals surface area contributed by atoms with Gasteiger partial charge in [0.25, 0.3) is 17.7 Å². The summed E-state index contributed by atoms with van der Waals surface area (Å²) in [5.74, 6) is -2.80. The minimum atomic E-state index is -1.10. The zero-order valence-electron chi connectivity index (χ0n) is 28.7. The molecule has 0 saturated heterocycles. The number of nitrogens with two attached hydrogens (primary N) is 2. The van der Waals surface area contributed by atoms with Crippen LogP contribution in [0.2, 0.25) is 0 Å². The fraction of sp³-hybridized carbons (Fsp3) is 0.576. The summed E-state index contributed by atoms with van der Waals surface area (Å²) in [4.78, 5) is 75.8. The maximum atomic E-state index is 14.0. The topological polar surface area (TPSA) is 242 Å². The van der Waals surface area contributed by atoms with Crippen LogP contribution in [0.1, 0.15) is 38.7 Å². The van der Waals surface area contributed by atoms with Crippen LogP contribution in [-0.4, -0.2) is 124 Å². The minimum Gasteiger partial charge on any atom is -0.392 e. The van der Waals surface area contributed by atoms with E-state index in [4.69, 9.17) is 30.4 Å². The Morgan fingerprint density at radius 3 is 1.88 bits per heavy atom. The highest BCUT2D eigenvalue weighted by Gasteiger charge is 2.36. The third kappa shape index (κ3) is 15.0. The Morgan fingerprint density at radius 2 is 1.38 bits per heavy atom. The van der Waals surface area contributed by atoms with E-state index in [1.165, 1.54) is 17.1 Å². The fourth-order valence-electron chi connectivity index (χ4n) is 4.77. The van der Waals surface area contributed by atoms with Gasteiger partial charge < -0.3 is 46.2 Å². The number of anilines is 1. The van der Waals surface area contributed by atoms with Gasteiger partial charge in [0.1, 0.15) is 12.1 Å². The number of carbonyl (C=O) groups excluding carboxylic acids is 6. The van der Waals surface area contributed by atoms with Crippen molar-refractivity contribution in [1.82, 2.24) is 15.5 Å². The van der Waals surface area contributed by atoms with Gasteiger partial charge in [-0.3, -0.25) is 33.8 Å². The second kappa shape index (κ2) is 23.1. The van der Waals surface area contributed by atoms with E-state index in [0.717, 1.165) is 4.90 Å². The lowest BCUT2D eigenvalue weighted by atomic mass is 9.99.